The standard InChI is InChI=1S/C39H52N4O7/c1-25(2)50-39(48)36(45)33(19-26-9-4-3-5-10-26)42-38(47)34(22-31-23-40-24-41-31)43-37(46)30(21-35(44)28-15-17-49-18-16-28)20-29-13-8-12-27-11-6-7-14-32(27)29/h6-8,11-14,23-26,28,30,33-34,36,45H,3-5,9-10,15-22H2,1-2H3,(H,40,41)(H,42,47)(H,43,46)/t30?,33-,34-,36?/m0/s1. The lowest BCUT2D eigenvalue weighted by Gasteiger charge is -2.31. The fourth-order valence-electron chi connectivity index (χ4n) is 7.33. The van der Waals surface area contributed by atoms with Gasteiger partial charge in [0, 0.05) is 44.1 Å². The minimum atomic E-state index is -1.57. The van der Waals surface area contributed by atoms with Crippen LogP contribution in [0.4, 0.5) is 0 Å². The number of ketones is 1. The number of carbonyl (C=O) groups is 4. The first kappa shape index (κ1) is 37.2. The van der Waals surface area contributed by atoms with Gasteiger partial charge in [-0.3, -0.25) is 14.4 Å². The maximum absolute atomic E-state index is 14.3. The Balaban J connectivity index is 1.39. The van der Waals surface area contributed by atoms with Crippen LogP contribution >= 0.6 is 0 Å². The molecular weight excluding hydrogens is 636 g/mol. The summed E-state index contributed by atoms with van der Waals surface area (Å²) in [6, 6.07) is 11.9. The number of aromatic nitrogens is 2. The quantitative estimate of drug-likeness (QED) is 0.159. The van der Waals surface area contributed by atoms with Crippen LogP contribution in [0.1, 0.15) is 82.9 Å². The molecule has 2 amide bonds. The maximum atomic E-state index is 14.3. The predicted octanol–water partition coefficient (Wildman–Crippen LogP) is 4.60. The van der Waals surface area contributed by atoms with Gasteiger partial charge in [0.05, 0.1) is 24.2 Å². The first-order chi connectivity index (χ1) is 24.2. The minimum Gasteiger partial charge on any atom is -0.461 e. The smallest absolute Gasteiger partial charge is 0.337 e. The maximum Gasteiger partial charge on any atom is 0.337 e. The van der Waals surface area contributed by atoms with Crippen molar-refractivity contribution >= 4 is 34.3 Å². The second-order valence-corrected chi connectivity index (χ2v) is 14.2. The van der Waals surface area contributed by atoms with E-state index in [0.717, 1.165) is 48.4 Å². The van der Waals surface area contributed by atoms with Crippen LogP contribution < -0.4 is 10.6 Å². The van der Waals surface area contributed by atoms with Gasteiger partial charge in [-0.2, -0.15) is 0 Å². The Morgan fingerprint density at radius 2 is 1.68 bits per heavy atom. The van der Waals surface area contributed by atoms with Crippen molar-refractivity contribution in [2.75, 3.05) is 13.2 Å². The van der Waals surface area contributed by atoms with Crippen LogP contribution in [0.5, 0.6) is 0 Å². The van der Waals surface area contributed by atoms with Crippen LogP contribution in [-0.2, 0) is 41.5 Å². The summed E-state index contributed by atoms with van der Waals surface area (Å²) >= 11 is 0. The average molecular weight is 689 g/mol. The lowest BCUT2D eigenvalue weighted by Crippen LogP contribution is -2.56. The van der Waals surface area contributed by atoms with E-state index >= 15 is 0 Å². The van der Waals surface area contributed by atoms with Gasteiger partial charge in [-0.15, -0.1) is 0 Å². The van der Waals surface area contributed by atoms with Crippen molar-refractivity contribution in [3.8, 4) is 0 Å². The zero-order chi connectivity index (χ0) is 35.5. The molecule has 0 radical (unpaired) electrons. The molecule has 270 valence electrons. The summed E-state index contributed by atoms with van der Waals surface area (Å²) in [5.74, 6) is -2.43. The largest absolute Gasteiger partial charge is 0.461 e. The fraction of sp³-hybridized carbons (Fsp3) is 0.564. The summed E-state index contributed by atoms with van der Waals surface area (Å²) in [4.78, 5) is 62.1. The van der Waals surface area contributed by atoms with E-state index in [0.29, 0.717) is 44.6 Å². The molecule has 2 unspecified atom stereocenters. The number of imidazole rings is 1. The Hall–Kier alpha value is -4.09. The van der Waals surface area contributed by atoms with E-state index in [1.807, 2.05) is 42.5 Å². The van der Waals surface area contributed by atoms with E-state index in [1.165, 1.54) is 6.33 Å². The molecule has 1 saturated carbocycles. The minimum absolute atomic E-state index is 0.0151. The number of amides is 2. The molecule has 2 heterocycles. The lowest BCUT2D eigenvalue weighted by atomic mass is 9.83. The van der Waals surface area contributed by atoms with E-state index in [1.54, 1.807) is 20.0 Å². The van der Waals surface area contributed by atoms with Crippen LogP contribution in [-0.4, -0.2) is 76.1 Å². The van der Waals surface area contributed by atoms with E-state index in [9.17, 15) is 24.3 Å². The molecule has 2 fully saturated rings. The zero-order valence-electron chi connectivity index (χ0n) is 29.3. The van der Waals surface area contributed by atoms with Gasteiger partial charge < -0.3 is 30.2 Å². The molecule has 50 heavy (non-hydrogen) atoms. The number of nitrogens with one attached hydrogen (secondary N) is 3. The van der Waals surface area contributed by atoms with Gasteiger partial charge in [0.1, 0.15) is 11.8 Å². The molecule has 5 rings (SSSR count). The second kappa shape index (κ2) is 18.2. The highest BCUT2D eigenvalue weighted by atomic mass is 16.6. The highest BCUT2D eigenvalue weighted by molar-refractivity contribution is 5.93. The monoisotopic (exact) mass is 688 g/mol. The number of Topliss-reactive ketones (excluding diaryl/α,β-unsaturated/α-hetero) is 1. The number of rotatable bonds is 16. The van der Waals surface area contributed by atoms with Crippen molar-refractivity contribution in [3.63, 3.8) is 0 Å². The average Bonchev–Trinajstić information content (AvgIpc) is 3.64. The number of esters is 1. The first-order valence-electron chi connectivity index (χ1n) is 18.2. The van der Waals surface area contributed by atoms with Crippen LogP contribution in [0.2, 0.25) is 0 Å². The van der Waals surface area contributed by atoms with Crippen molar-refractivity contribution in [2.45, 2.75) is 109 Å². The van der Waals surface area contributed by atoms with Crippen LogP contribution in [0.3, 0.4) is 0 Å². The van der Waals surface area contributed by atoms with Crippen LogP contribution in [0.25, 0.3) is 10.8 Å². The summed E-state index contributed by atoms with van der Waals surface area (Å²) in [7, 11) is 0. The molecule has 4 atom stereocenters. The highest BCUT2D eigenvalue weighted by Gasteiger charge is 2.36. The molecule has 0 bridgehead atoms. The third-order valence-electron chi connectivity index (χ3n) is 10.1. The predicted molar refractivity (Wildman–Crippen MR) is 189 cm³/mol. The number of aromatic amines is 1. The van der Waals surface area contributed by atoms with Crippen LogP contribution in [0, 0.1) is 17.8 Å². The number of nitrogens with zero attached hydrogens (tertiary/aromatic N) is 1. The molecule has 1 aliphatic heterocycles. The second-order valence-electron chi connectivity index (χ2n) is 14.2. The van der Waals surface area contributed by atoms with E-state index in [2.05, 4.69) is 20.6 Å². The normalized spacial score (nSPS) is 18.2. The Morgan fingerprint density at radius 1 is 0.940 bits per heavy atom. The van der Waals surface area contributed by atoms with Gasteiger partial charge in [0.2, 0.25) is 11.8 Å². The number of hydrogen-bond acceptors (Lipinski definition) is 8. The number of carbonyl (C=O) groups excluding carboxylic acids is 4. The van der Waals surface area contributed by atoms with Gasteiger partial charge in [0.25, 0.3) is 0 Å². The topological polar surface area (TPSA) is 160 Å². The highest BCUT2D eigenvalue weighted by Crippen LogP contribution is 2.29. The summed E-state index contributed by atoms with van der Waals surface area (Å²) < 4.78 is 10.8. The summed E-state index contributed by atoms with van der Waals surface area (Å²) in [6.45, 7) is 4.44. The van der Waals surface area contributed by atoms with Crippen molar-refractivity contribution in [3.05, 3.63) is 66.2 Å². The van der Waals surface area contributed by atoms with Gasteiger partial charge in [-0.25, -0.2) is 9.78 Å². The van der Waals surface area contributed by atoms with Crippen molar-refractivity contribution < 1.29 is 33.8 Å². The molecule has 3 aromatic rings. The summed E-state index contributed by atoms with van der Waals surface area (Å²) in [5.41, 5.74) is 1.49. The molecule has 2 aliphatic rings. The van der Waals surface area contributed by atoms with E-state index in [-0.39, 0.29) is 30.5 Å². The SMILES string of the molecule is CC(C)OC(=O)C(O)[C@H](CC1CCCCC1)NC(=O)[C@H](Cc1c[nH]cn1)NC(=O)C(CC(=O)C1CCOCC1)Cc1cccc2ccccc12. The third kappa shape index (κ3) is 10.5. The number of H-pyrrole nitrogens is 1. The molecule has 4 N–H and O–H groups in total. The van der Waals surface area contributed by atoms with Crippen LogP contribution in [0.15, 0.2) is 55.0 Å². The Labute approximate surface area is 294 Å². The number of ether oxygens (including phenoxy) is 2. The van der Waals surface area contributed by atoms with Gasteiger partial charge in [-0.1, -0.05) is 74.6 Å². The van der Waals surface area contributed by atoms with E-state index < -0.39 is 48.0 Å². The third-order valence-corrected chi connectivity index (χ3v) is 10.1. The lowest BCUT2D eigenvalue weighted by molar-refractivity contribution is -0.159. The zero-order valence-corrected chi connectivity index (χ0v) is 29.3. The molecule has 11 nitrogen and oxygen atoms in total. The van der Waals surface area contributed by atoms with Gasteiger partial charge in [0.15, 0.2) is 6.10 Å². The molecule has 1 aliphatic carbocycles. The van der Waals surface area contributed by atoms with E-state index in [4.69, 9.17) is 9.47 Å². The summed E-state index contributed by atoms with van der Waals surface area (Å²) in [6.07, 6.45) is 8.35. The number of benzene rings is 2. The molecular formula is C39H52N4O7. The number of aliphatic hydroxyl groups is 1. The Bertz CT molecular complexity index is 1560. The summed E-state index contributed by atoms with van der Waals surface area (Å²) in [5, 5.41) is 19.1. The Morgan fingerprint density at radius 3 is 2.40 bits per heavy atom. The van der Waals surface area contributed by atoms with Gasteiger partial charge in [-0.05, 0) is 61.8 Å². The Kier molecular flexibility index (Phi) is 13.6. The number of hydrogen-bond donors (Lipinski definition) is 4. The molecule has 11 heteroatoms. The molecule has 1 aromatic heterocycles. The molecule has 1 saturated heterocycles. The van der Waals surface area contributed by atoms with Crippen molar-refractivity contribution in [1.29, 1.82) is 0 Å². The molecule has 0 spiro atoms. The molecule has 2 aromatic carbocycles. The first-order valence-corrected chi connectivity index (χ1v) is 18.2. The van der Waals surface area contributed by atoms with Crippen molar-refractivity contribution in [2.24, 2.45) is 17.8 Å². The number of fused-ring (bicyclic) bond motifs is 1. The number of aliphatic hydroxyl groups excluding tert-OH is 1. The van der Waals surface area contributed by atoms with Crippen molar-refractivity contribution in [1.82, 2.24) is 20.6 Å². The van der Waals surface area contributed by atoms with Gasteiger partial charge >= 0.3 is 5.97 Å². The fourth-order valence-corrected chi connectivity index (χ4v) is 7.33.